The number of fused-ring (bicyclic) bond motifs is 6. The van der Waals surface area contributed by atoms with Gasteiger partial charge in [-0.1, -0.05) is 121 Å². The van der Waals surface area contributed by atoms with Crippen LogP contribution >= 0.6 is 0 Å². The Kier molecular flexibility index (Phi) is 6.97. The van der Waals surface area contributed by atoms with E-state index in [0.717, 1.165) is 0 Å². The molecule has 0 spiro atoms. The molecular formula is C50H36N2. The summed E-state index contributed by atoms with van der Waals surface area (Å²) in [5.74, 6) is 0. The zero-order valence-electron chi connectivity index (χ0n) is 29.2. The third-order valence-electron chi connectivity index (χ3n) is 10.8. The number of aromatic nitrogens is 2. The predicted octanol–water partition coefficient (Wildman–Crippen LogP) is 13.5. The van der Waals surface area contributed by atoms with Crippen LogP contribution in [0.4, 0.5) is 0 Å². The molecule has 0 N–H and O–H groups in total. The van der Waals surface area contributed by atoms with Gasteiger partial charge in [0.15, 0.2) is 0 Å². The fraction of sp³-hybridized carbons (Fsp3) is 0.0400. The van der Waals surface area contributed by atoms with Crippen molar-refractivity contribution in [1.29, 1.82) is 0 Å². The van der Waals surface area contributed by atoms with E-state index in [4.69, 9.17) is 0 Å². The van der Waals surface area contributed by atoms with Gasteiger partial charge in [-0.3, -0.25) is 0 Å². The van der Waals surface area contributed by atoms with Crippen LogP contribution in [0, 0.1) is 13.8 Å². The first-order valence-corrected chi connectivity index (χ1v) is 18.0. The van der Waals surface area contributed by atoms with E-state index in [2.05, 4.69) is 205 Å². The molecule has 10 rings (SSSR count). The van der Waals surface area contributed by atoms with E-state index in [1.807, 2.05) is 0 Å². The topological polar surface area (TPSA) is 9.86 Å². The van der Waals surface area contributed by atoms with Gasteiger partial charge in [-0.05, 0) is 119 Å². The third-order valence-corrected chi connectivity index (χ3v) is 10.8. The van der Waals surface area contributed by atoms with Crippen molar-refractivity contribution in [2.24, 2.45) is 0 Å². The summed E-state index contributed by atoms with van der Waals surface area (Å²) in [7, 11) is 0. The SMILES string of the molecule is Cc1cc(-c2ccc3c(c2)c2ccccc2n3-c2ccccc2)ccc1-c1ccc(-c2ccc3c(c2)c2ccccc2n3-c2ccccc2)cc1C. The Morgan fingerprint density at radius 1 is 0.288 bits per heavy atom. The summed E-state index contributed by atoms with van der Waals surface area (Å²) in [5, 5.41) is 5.09. The first-order valence-electron chi connectivity index (χ1n) is 18.0. The Hall–Kier alpha value is -6.64. The first-order chi connectivity index (χ1) is 25.6. The number of hydrogen-bond acceptors (Lipinski definition) is 0. The van der Waals surface area contributed by atoms with Gasteiger partial charge in [0.25, 0.3) is 0 Å². The number of nitrogens with zero attached hydrogens (tertiary/aromatic N) is 2. The molecule has 0 unspecified atom stereocenters. The summed E-state index contributed by atoms with van der Waals surface area (Å²) >= 11 is 0. The van der Waals surface area contributed by atoms with Gasteiger partial charge in [0.1, 0.15) is 0 Å². The molecule has 2 heterocycles. The summed E-state index contributed by atoms with van der Waals surface area (Å²) in [5.41, 5.74) is 17.3. The molecule has 0 saturated heterocycles. The van der Waals surface area contributed by atoms with Crippen LogP contribution in [0.5, 0.6) is 0 Å². The molecule has 0 radical (unpaired) electrons. The van der Waals surface area contributed by atoms with Crippen LogP contribution in [-0.4, -0.2) is 9.13 Å². The summed E-state index contributed by atoms with van der Waals surface area (Å²) in [6.07, 6.45) is 0. The lowest BCUT2D eigenvalue weighted by Crippen LogP contribution is -1.93. The summed E-state index contributed by atoms with van der Waals surface area (Å²) in [6, 6.07) is 66.4. The quantitative estimate of drug-likeness (QED) is 0.173. The molecule has 10 aromatic rings. The molecule has 0 aliphatic carbocycles. The predicted molar refractivity (Wildman–Crippen MR) is 221 cm³/mol. The molecule has 0 aliphatic heterocycles. The minimum absolute atomic E-state index is 1.18. The van der Waals surface area contributed by atoms with Crippen molar-refractivity contribution in [3.8, 4) is 44.8 Å². The van der Waals surface area contributed by atoms with E-state index in [0.29, 0.717) is 0 Å². The minimum Gasteiger partial charge on any atom is -0.309 e. The molecule has 8 aromatic carbocycles. The van der Waals surface area contributed by atoms with Crippen molar-refractivity contribution in [3.05, 3.63) is 193 Å². The average molecular weight is 665 g/mol. The zero-order chi connectivity index (χ0) is 34.8. The second-order valence-electron chi connectivity index (χ2n) is 13.9. The number of aryl methyl sites for hydroxylation is 2. The lowest BCUT2D eigenvalue weighted by Gasteiger charge is -2.14. The van der Waals surface area contributed by atoms with Crippen LogP contribution < -0.4 is 0 Å². The van der Waals surface area contributed by atoms with Crippen molar-refractivity contribution < 1.29 is 0 Å². The smallest absolute Gasteiger partial charge is 0.0541 e. The highest BCUT2D eigenvalue weighted by Crippen LogP contribution is 2.39. The normalized spacial score (nSPS) is 11.7. The molecule has 52 heavy (non-hydrogen) atoms. The summed E-state index contributed by atoms with van der Waals surface area (Å²) in [4.78, 5) is 0. The van der Waals surface area contributed by atoms with Crippen LogP contribution in [-0.2, 0) is 0 Å². The van der Waals surface area contributed by atoms with Crippen molar-refractivity contribution >= 4 is 43.6 Å². The highest BCUT2D eigenvalue weighted by atomic mass is 15.0. The first kappa shape index (κ1) is 30.2. The number of hydrogen-bond donors (Lipinski definition) is 0. The maximum atomic E-state index is 2.37. The molecule has 0 fully saturated rings. The van der Waals surface area contributed by atoms with Gasteiger partial charge in [-0.25, -0.2) is 0 Å². The van der Waals surface area contributed by atoms with Gasteiger partial charge in [0.2, 0.25) is 0 Å². The van der Waals surface area contributed by atoms with E-state index in [9.17, 15) is 0 Å². The fourth-order valence-corrected chi connectivity index (χ4v) is 8.31. The molecule has 2 heteroatoms. The molecule has 0 aliphatic rings. The van der Waals surface area contributed by atoms with E-state index in [1.165, 1.54) is 99.5 Å². The number of rotatable bonds is 5. The Morgan fingerprint density at radius 3 is 1.06 bits per heavy atom. The second-order valence-corrected chi connectivity index (χ2v) is 13.9. The van der Waals surface area contributed by atoms with Crippen LogP contribution in [0.2, 0.25) is 0 Å². The van der Waals surface area contributed by atoms with Gasteiger partial charge < -0.3 is 9.13 Å². The molecule has 2 nitrogen and oxygen atoms in total. The van der Waals surface area contributed by atoms with Crippen molar-refractivity contribution in [2.75, 3.05) is 0 Å². The molecule has 0 saturated carbocycles. The lowest BCUT2D eigenvalue weighted by atomic mass is 9.91. The monoisotopic (exact) mass is 664 g/mol. The Morgan fingerprint density at radius 2 is 0.635 bits per heavy atom. The molecule has 0 atom stereocenters. The maximum absolute atomic E-state index is 2.37. The largest absolute Gasteiger partial charge is 0.309 e. The maximum Gasteiger partial charge on any atom is 0.0541 e. The Bertz CT molecular complexity index is 2760. The Labute approximate surface area is 303 Å². The zero-order valence-corrected chi connectivity index (χ0v) is 29.2. The highest BCUT2D eigenvalue weighted by molar-refractivity contribution is 6.11. The van der Waals surface area contributed by atoms with Gasteiger partial charge in [0, 0.05) is 32.9 Å². The molecule has 0 amide bonds. The van der Waals surface area contributed by atoms with Gasteiger partial charge in [-0.15, -0.1) is 0 Å². The van der Waals surface area contributed by atoms with E-state index in [1.54, 1.807) is 0 Å². The van der Waals surface area contributed by atoms with Crippen LogP contribution in [0.3, 0.4) is 0 Å². The number of benzene rings is 8. The van der Waals surface area contributed by atoms with Crippen LogP contribution in [0.25, 0.3) is 88.4 Å². The van der Waals surface area contributed by atoms with Gasteiger partial charge in [0.05, 0.1) is 22.1 Å². The number of para-hydroxylation sites is 4. The van der Waals surface area contributed by atoms with Crippen molar-refractivity contribution in [2.45, 2.75) is 13.8 Å². The van der Waals surface area contributed by atoms with Crippen molar-refractivity contribution in [1.82, 2.24) is 9.13 Å². The highest BCUT2D eigenvalue weighted by Gasteiger charge is 2.16. The van der Waals surface area contributed by atoms with Crippen LogP contribution in [0.1, 0.15) is 11.1 Å². The average Bonchev–Trinajstić information content (AvgIpc) is 3.71. The van der Waals surface area contributed by atoms with E-state index < -0.39 is 0 Å². The van der Waals surface area contributed by atoms with Crippen LogP contribution in [0.15, 0.2) is 182 Å². The second kappa shape index (κ2) is 12.0. The molecule has 2 aromatic heterocycles. The Balaban J connectivity index is 1.00. The van der Waals surface area contributed by atoms with Crippen molar-refractivity contribution in [3.63, 3.8) is 0 Å². The minimum atomic E-state index is 1.18. The van der Waals surface area contributed by atoms with Gasteiger partial charge in [-0.2, -0.15) is 0 Å². The van der Waals surface area contributed by atoms with Gasteiger partial charge >= 0.3 is 0 Å². The molecular weight excluding hydrogens is 629 g/mol. The standard InChI is InChI=1S/C50H36N2/c1-33-29-35(37-23-27-49-45(31-37)43-17-9-11-19-47(43)51(49)39-13-5-3-6-14-39)21-25-41(33)42-26-22-36(30-34(42)2)38-24-28-50-46(32-38)44-18-10-12-20-48(44)52(50)40-15-7-4-8-16-40/h3-32H,1-2H3. The van der Waals surface area contributed by atoms with E-state index >= 15 is 0 Å². The summed E-state index contributed by atoms with van der Waals surface area (Å²) < 4.78 is 4.74. The summed E-state index contributed by atoms with van der Waals surface area (Å²) in [6.45, 7) is 4.48. The van der Waals surface area contributed by atoms with E-state index in [-0.39, 0.29) is 0 Å². The lowest BCUT2D eigenvalue weighted by molar-refractivity contribution is 1.18. The molecule has 0 bridgehead atoms. The fourth-order valence-electron chi connectivity index (χ4n) is 8.31. The molecule has 246 valence electrons. The third kappa shape index (κ3) is 4.80.